The number of hydrogen-bond acceptors (Lipinski definition) is 2. The minimum absolute atomic E-state index is 0.152. The van der Waals surface area contributed by atoms with E-state index in [1.165, 1.54) is 17.8 Å². The molecular weight excluding hydrogens is 197 g/mol. The van der Waals surface area contributed by atoms with Crippen LogP contribution in [0, 0.1) is 5.82 Å². The van der Waals surface area contributed by atoms with E-state index in [9.17, 15) is 4.39 Å². The van der Waals surface area contributed by atoms with Crippen molar-refractivity contribution in [2.45, 2.75) is 30.7 Å². The van der Waals surface area contributed by atoms with Crippen LogP contribution in [0.1, 0.15) is 19.8 Å². The second-order valence-electron chi connectivity index (χ2n) is 3.29. The van der Waals surface area contributed by atoms with Crippen molar-refractivity contribution in [3.05, 3.63) is 30.1 Å². The van der Waals surface area contributed by atoms with Gasteiger partial charge in [0.05, 0.1) is 0 Å². The van der Waals surface area contributed by atoms with Crippen LogP contribution in [0.3, 0.4) is 0 Å². The lowest BCUT2D eigenvalue weighted by Gasteiger charge is -2.09. The normalized spacial score (nSPS) is 12.8. The first-order chi connectivity index (χ1) is 6.74. The van der Waals surface area contributed by atoms with E-state index in [0.717, 1.165) is 18.6 Å². The fourth-order valence-electron chi connectivity index (χ4n) is 1.21. The molecule has 0 aliphatic heterocycles. The molecule has 0 radical (unpaired) electrons. The first-order valence-corrected chi connectivity index (χ1v) is 5.85. The van der Waals surface area contributed by atoms with E-state index in [1.807, 2.05) is 6.07 Å². The Hall–Kier alpha value is -0.540. The largest absolute Gasteiger partial charge is 0.327 e. The van der Waals surface area contributed by atoms with Crippen molar-refractivity contribution >= 4 is 11.8 Å². The molecule has 78 valence electrons. The third-order valence-electron chi connectivity index (χ3n) is 1.95. The van der Waals surface area contributed by atoms with Crippen LogP contribution in [0.15, 0.2) is 29.2 Å². The van der Waals surface area contributed by atoms with E-state index in [4.69, 9.17) is 5.73 Å². The van der Waals surface area contributed by atoms with Gasteiger partial charge in [-0.05, 0) is 18.6 Å². The molecule has 0 aromatic heterocycles. The van der Waals surface area contributed by atoms with Crippen LogP contribution in [0.4, 0.5) is 4.39 Å². The van der Waals surface area contributed by atoms with Gasteiger partial charge in [0.2, 0.25) is 0 Å². The summed E-state index contributed by atoms with van der Waals surface area (Å²) in [5.74, 6) is 0.635. The standard InChI is InChI=1S/C11H16FNS/c1-2-5-9(13)8-14-11-7-4-3-6-10(11)12/h3-4,6-7,9H,2,5,8,13H2,1H3/t9-/m0/s1. The van der Waals surface area contributed by atoms with Gasteiger partial charge in [-0.1, -0.05) is 25.5 Å². The SMILES string of the molecule is CCC[C@H](N)CSc1ccccc1F. The quantitative estimate of drug-likeness (QED) is 0.761. The van der Waals surface area contributed by atoms with Gasteiger partial charge in [0.15, 0.2) is 0 Å². The Morgan fingerprint density at radius 3 is 2.79 bits per heavy atom. The molecule has 1 rings (SSSR count). The van der Waals surface area contributed by atoms with Crippen molar-refractivity contribution in [2.24, 2.45) is 5.73 Å². The highest BCUT2D eigenvalue weighted by Crippen LogP contribution is 2.22. The van der Waals surface area contributed by atoms with Gasteiger partial charge in [-0.3, -0.25) is 0 Å². The smallest absolute Gasteiger partial charge is 0.136 e. The van der Waals surface area contributed by atoms with Crippen molar-refractivity contribution in [3.8, 4) is 0 Å². The van der Waals surface area contributed by atoms with Gasteiger partial charge in [0, 0.05) is 16.7 Å². The van der Waals surface area contributed by atoms with E-state index in [0.29, 0.717) is 4.90 Å². The number of halogens is 1. The van der Waals surface area contributed by atoms with Crippen LogP contribution in [-0.4, -0.2) is 11.8 Å². The Morgan fingerprint density at radius 2 is 2.14 bits per heavy atom. The highest BCUT2D eigenvalue weighted by atomic mass is 32.2. The monoisotopic (exact) mass is 213 g/mol. The minimum Gasteiger partial charge on any atom is -0.327 e. The fraction of sp³-hybridized carbons (Fsp3) is 0.455. The summed E-state index contributed by atoms with van der Waals surface area (Å²) in [5.41, 5.74) is 5.84. The Labute approximate surface area is 88.9 Å². The lowest BCUT2D eigenvalue weighted by Crippen LogP contribution is -2.22. The van der Waals surface area contributed by atoms with Gasteiger partial charge in [-0.25, -0.2) is 4.39 Å². The molecule has 3 heteroatoms. The van der Waals surface area contributed by atoms with Gasteiger partial charge in [-0.2, -0.15) is 0 Å². The maximum absolute atomic E-state index is 13.2. The molecule has 2 N–H and O–H groups in total. The molecule has 1 atom stereocenters. The molecule has 0 aliphatic rings. The molecule has 0 fully saturated rings. The van der Waals surface area contributed by atoms with E-state index in [2.05, 4.69) is 6.92 Å². The lowest BCUT2D eigenvalue weighted by atomic mass is 10.2. The van der Waals surface area contributed by atoms with Gasteiger partial charge in [0.1, 0.15) is 5.82 Å². The zero-order chi connectivity index (χ0) is 10.4. The zero-order valence-electron chi connectivity index (χ0n) is 8.37. The van der Waals surface area contributed by atoms with Crippen LogP contribution < -0.4 is 5.73 Å². The molecule has 14 heavy (non-hydrogen) atoms. The third kappa shape index (κ3) is 3.68. The lowest BCUT2D eigenvalue weighted by molar-refractivity contribution is 0.601. The van der Waals surface area contributed by atoms with Crippen LogP contribution >= 0.6 is 11.8 Å². The summed E-state index contributed by atoms with van der Waals surface area (Å²) in [6, 6.07) is 6.98. The van der Waals surface area contributed by atoms with Crippen molar-refractivity contribution in [1.29, 1.82) is 0 Å². The molecular formula is C11H16FNS. The summed E-state index contributed by atoms with van der Waals surface area (Å²) < 4.78 is 13.2. The zero-order valence-corrected chi connectivity index (χ0v) is 9.19. The molecule has 0 spiro atoms. The van der Waals surface area contributed by atoms with Gasteiger partial charge >= 0.3 is 0 Å². The van der Waals surface area contributed by atoms with Gasteiger partial charge in [-0.15, -0.1) is 11.8 Å². The topological polar surface area (TPSA) is 26.0 Å². The summed E-state index contributed by atoms with van der Waals surface area (Å²) in [6.07, 6.45) is 2.08. The van der Waals surface area contributed by atoms with Crippen LogP contribution in [0.5, 0.6) is 0 Å². The van der Waals surface area contributed by atoms with E-state index in [-0.39, 0.29) is 11.9 Å². The maximum Gasteiger partial charge on any atom is 0.136 e. The maximum atomic E-state index is 13.2. The highest BCUT2D eigenvalue weighted by molar-refractivity contribution is 7.99. The molecule has 1 nitrogen and oxygen atoms in total. The Morgan fingerprint density at radius 1 is 1.43 bits per heavy atom. The fourth-order valence-corrected chi connectivity index (χ4v) is 2.15. The van der Waals surface area contributed by atoms with E-state index in [1.54, 1.807) is 12.1 Å². The van der Waals surface area contributed by atoms with E-state index >= 15 is 0 Å². The number of hydrogen-bond donors (Lipinski definition) is 1. The van der Waals surface area contributed by atoms with E-state index < -0.39 is 0 Å². The van der Waals surface area contributed by atoms with Crippen LogP contribution in [0.2, 0.25) is 0 Å². The average Bonchev–Trinajstić information content (AvgIpc) is 2.17. The predicted octanol–water partition coefficient (Wildman–Crippen LogP) is 3.05. The Balaban J connectivity index is 2.41. The summed E-state index contributed by atoms with van der Waals surface area (Å²) in [7, 11) is 0. The van der Waals surface area contributed by atoms with Crippen LogP contribution in [0.25, 0.3) is 0 Å². The second kappa shape index (κ2) is 6.04. The molecule has 0 bridgehead atoms. The molecule has 0 amide bonds. The highest BCUT2D eigenvalue weighted by Gasteiger charge is 2.05. The number of thioether (sulfide) groups is 1. The predicted molar refractivity (Wildman–Crippen MR) is 60.0 cm³/mol. The second-order valence-corrected chi connectivity index (χ2v) is 4.35. The van der Waals surface area contributed by atoms with Gasteiger partial charge < -0.3 is 5.73 Å². The van der Waals surface area contributed by atoms with Crippen molar-refractivity contribution in [2.75, 3.05) is 5.75 Å². The number of rotatable bonds is 5. The molecule has 0 saturated carbocycles. The molecule has 0 saturated heterocycles. The molecule has 0 aliphatic carbocycles. The first kappa shape index (κ1) is 11.5. The first-order valence-electron chi connectivity index (χ1n) is 4.87. The minimum atomic E-state index is -0.152. The molecule has 0 heterocycles. The van der Waals surface area contributed by atoms with Crippen LogP contribution in [-0.2, 0) is 0 Å². The average molecular weight is 213 g/mol. The molecule has 1 aromatic carbocycles. The van der Waals surface area contributed by atoms with Crippen molar-refractivity contribution in [3.63, 3.8) is 0 Å². The number of nitrogens with two attached hydrogens (primary N) is 1. The molecule has 1 aromatic rings. The summed E-state index contributed by atoms with van der Waals surface area (Å²) >= 11 is 1.50. The molecule has 0 unspecified atom stereocenters. The summed E-state index contributed by atoms with van der Waals surface area (Å²) in [6.45, 7) is 2.10. The van der Waals surface area contributed by atoms with Gasteiger partial charge in [0.25, 0.3) is 0 Å². The number of benzene rings is 1. The van der Waals surface area contributed by atoms with Crippen molar-refractivity contribution in [1.82, 2.24) is 0 Å². The van der Waals surface area contributed by atoms with Crippen molar-refractivity contribution < 1.29 is 4.39 Å². The Kier molecular flexibility index (Phi) is 4.98. The summed E-state index contributed by atoms with van der Waals surface area (Å²) in [4.78, 5) is 0.694. The summed E-state index contributed by atoms with van der Waals surface area (Å²) in [5, 5.41) is 0. The third-order valence-corrected chi connectivity index (χ3v) is 3.19. The Bertz CT molecular complexity index is 278.